The third-order valence-electron chi connectivity index (χ3n) is 2.43. The smallest absolute Gasteiger partial charge is 0.138 e. The molecule has 4 heteroatoms. The van der Waals surface area contributed by atoms with E-state index in [1.165, 1.54) is 12.1 Å². The molecule has 0 aliphatic rings. The van der Waals surface area contributed by atoms with Gasteiger partial charge in [-0.25, -0.2) is 0 Å². The van der Waals surface area contributed by atoms with E-state index in [0.717, 1.165) is 19.3 Å². The maximum atomic E-state index is 9.45. The quantitative estimate of drug-likeness (QED) is 0.614. The Balaban J connectivity index is 2.75. The number of nitriles is 2. The van der Waals surface area contributed by atoms with E-state index < -0.39 is 0 Å². The van der Waals surface area contributed by atoms with Gasteiger partial charge in [0.05, 0.1) is 6.61 Å². The predicted octanol–water partition coefficient (Wildman–Crippen LogP) is 2.87. The summed E-state index contributed by atoms with van der Waals surface area (Å²) in [4.78, 5) is 0. The van der Waals surface area contributed by atoms with Crippen molar-refractivity contribution in [2.24, 2.45) is 0 Å². The number of phenolic OH excluding ortho intramolecular Hbond substituents is 1. The molecule has 0 amide bonds. The van der Waals surface area contributed by atoms with Gasteiger partial charge in [-0.3, -0.25) is 0 Å². The minimum Gasteiger partial charge on any atom is -0.507 e. The highest BCUT2D eigenvalue weighted by molar-refractivity contribution is 5.59. The number of aromatic hydroxyl groups is 1. The summed E-state index contributed by atoms with van der Waals surface area (Å²) in [6, 6.07) is 6.55. The van der Waals surface area contributed by atoms with Gasteiger partial charge < -0.3 is 9.84 Å². The lowest BCUT2D eigenvalue weighted by atomic mass is 10.1. The lowest BCUT2D eigenvalue weighted by molar-refractivity contribution is 0.306. The number of ether oxygens (including phenoxy) is 1. The molecule has 1 aromatic rings. The molecule has 1 rings (SSSR count). The van der Waals surface area contributed by atoms with Crippen LogP contribution in [-0.4, -0.2) is 11.7 Å². The van der Waals surface area contributed by atoms with E-state index in [2.05, 4.69) is 6.58 Å². The molecule has 0 aromatic heterocycles. The van der Waals surface area contributed by atoms with E-state index in [-0.39, 0.29) is 16.9 Å². The van der Waals surface area contributed by atoms with Crippen molar-refractivity contribution in [3.8, 4) is 23.6 Å². The Hall–Kier alpha value is -2.46. The monoisotopic (exact) mass is 242 g/mol. The molecule has 0 heterocycles. The summed E-state index contributed by atoms with van der Waals surface area (Å²) in [6.45, 7) is 4.10. The van der Waals surface area contributed by atoms with E-state index in [4.69, 9.17) is 15.3 Å². The molecule has 0 saturated carbocycles. The zero-order valence-electron chi connectivity index (χ0n) is 10.0. The van der Waals surface area contributed by atoms with Crippen molar-refractivity contribution in [3.05, 3.63) is 35.9 Å². The van der Waals surface area contributed by atoms with Gasteiger partial charge in [-0.1, -0.05) is 6.08 Å². The van der Waals surface area contributed by atoms with Crippen molar-refractivity contribution < 1.29 is 9.84 Å². The number of benzene rings is 1. The lowest BCUT2D eigenvalue weighted by Crippen LogP contribution is -2.00. The molecule has 0 radical (unpaired) electrons. The molecule has 92 valence electrons. The molecular weight excluding hydrogens is 228 g/mol. The van der Waals surface area contributed by atoms with E-state index in [1.807, 2.05) is 12.1 Å². The first-order valence-electron chi connectivity index (χ1n) is 5.64. The van der Waals surface area contributed by atoms with Gasteiger partial charge in [0.2, 0.25) is 0 Å². The molecule has 4 nitrogen and oxygen atoms in total. The molecule has 0 saturated heterocycles. The SMILES string of the molecule is C=CCCCCOc1ccc(O)c(C#N)c1C#N. The molecule has 0 aliphatic heterocycles. The Kier molecular flexibility index (Phi) is 5.28. The van der Waals surface area contributed by atoms with E-state index in [1.54, 1.807) is 6.07 Å². The Morgan fingerprint density at radius 2 is 1.94 bits per heavy atom. The third-order valence-corrected chi connectivity index (χ3v) is 2.43. The zero-order chi connectivity index (χ0) is 13.4. The van der Waals surface area contributed by atoms with Crippen molar-refractivity contribution >= 4 is 0 Å². The topological polar surface area (TPSA) is 77.0 Å². The summed E-state index contributed by atoms with van der Waals surface area (Å²) in [5, 5.41) is 27.3. The van der Waals surface area contributed by atoms with Crippen LogP contribution in [0.25, 0.3) is 0 Å². The van der Waals surface area contributed by atoms with Gasteiger partial charge in [-0.15, -0.1) is 6.58 Å². The molecule has 0 bridgehead atoms. The number of hydrogen-bond acceptors (Lipinski definition) is 4. The Morgan fingerprint density at radius 1 is 1.22 bits per heavy atom. The van der Waals surface area contributed by atoms with Gasteiger partial charge in [-0.05, 0) is 31.4 Å². The third kappa shape index (κ3) is 3.26. The van der Waals surface area contributed by atoms with Crippen LogP contribution in [0.2, 0.25) is 0 Å². The Labute approximate surface area is 106 Å². The van der Waals surface area contributed by atoms with Gasteiger partial charge in [0, 0.05) is 0 Å². The summed E-state index contributed by atoms with van der Waals surface area (Å²) in [6.07, 6.45) is 4.58. The number of allylic oxidation sites excluding steroid dienone is 1. The van der Waals surface area contributed by atoms with Crippen LogP contribution in [0.1, 0.15) is 30.4 Å². The highest BCUT2D eigenvalue weighted by atomic mass is 16.5. The van der Waals surface area contributed by atoms with Gasteiger partial charge >= 0.3 is 0 Å². The molecule has 18 heavy (non-hydrogen) atoms. The summed E-state index contributed by atoms with van der Waals surface area (Å²) >= 11 is 0. The molecule has 1 N–H and O–H groups in total. The maximum absolute atomic E-state index is 9.45. The van der Waals surface area contributed by atoms with E-state index in [0.29, 0.717) is 12.4 Å². The van der Waals surface area contributed by atoms with Crippen LogP contribution in [0.15, 0.2) is 24.8 Å². The molecular formula is C14H14N2O2. The number of phenols is 1. The Morgan fingerprint density at radius 3 is 2.56 bits per heavy atom. The second kappa shape index (κ2) is 6.98. The summed E-state index contributed by atoms with van der Waals surface area (Å²) < 4.78 is 5.45. The average molecular weight is 242 g/mol. The van der Waals surface area contributed by atoms with Crippen LogP contribution in [0.3, 0.4) is 0 Å². The fourth-order valence-corrected chi connectivity index (χ4v) is 1.49. The van der Waals surface area contributed by atoms with Crippen molar-refractivity contribution in [2.45, 2.75) is 19.3 Å². The van der Waals surface area contributed by atoms with Gasteiger partial charge in [-0.2, -0.15) is 10.5 Å². The second-order valence-electron chi connectivity index (χ2n) is 3.69. The fraction of sp³-hybridized carbons (Fsp3) is 0.286. The predicted molar refractivity (Wildman–Crippen MR) is 67.1 cm³/mol. The number of nitrogens with zero attached hydrogens (tertiary/aromatic N) is 2. The van der Waals surface area contributed by atoms with E-state index >= 15 is 0 Å². The minimum absolute atomic E-state index is 0.0407. The number of unbranched alkanes of at least 4 members (excludes halogenated alkanes) is 2. The first kappa shape index (κ1) is 13.6. The van der Waals surface area contributed by atoms with E-state index in [9.17, 15) is 5.11 Å². The van der Waals surface area contributed by atoms with Crippen LogP contribution in [-0.2, 0) is 0 Å². The van der Waals surface area contributed by atoms with Gasteiger partial charge in [0.1, 0.15) is 34.8 Å². The molecule has 0 atom stereocenters. The summed E-state index contributed by atoms with van der Waals surface area (Å²) in [5.41, 5.74) is 0.0438. The fourth-order valence-electron chi connectivity index (χ4n) is 1.49. The van der Waals surface area contributed by atoms with Crippen LogP contribution in [0, 0.1) is 22.7 Å². The Bertz CT molecular complexity index is 510. The van der Waals surface area contributed by atoms with Crippen LogP contribution in [0.4, 0.5) is 0 Å². The highest BCUT2D eigenvalue weighted by Gasteiger charge is 2.13. The number of rotatable bonds is 6. The summed E-state index contributed by atoms with van der Waals surface area (Å²) in [7, 11) is 0. The first-order valence-corrected chi connectivity index (χ1v) is 5.64. The lowest BCUT2D eigenvalue weighted by Gasteiger charge is -2.09. The van der Waals surface area contributed by atoms with Crippen LogP contribution < -0.4 is 4.74 Å². The van der Waals surface area contributed by atoms with Gasteiger partial charge in [0.25, 0.3) is 0 Å². The average Bonchev–Trinajstić information content (AvgIpc) is 2.39. The largest absolute Gasteiger partial charge is 0.507 e. The minimum atomic E-state index is -0.201. The first-order chi connectivity index (χ1) is 8.74. The maximum Gasteiger partial charge on any atom is 0.138 e. The molecule has 1 aromatic carbocycles. The van der Waals surface area contributed by atoms with Crippen molar-refractivity contribution in [3.63, 3.8) is 0 Å². The molecule has 0 fully saturated rings. The normalized spacial score (nSPS) is 9.22. The van der Waals surface area contributed by atoms with Crippen molar-refractivity contribution in [1.29, 1.82) is 10.5 Å². The highest BCUT2D eigenvalue weighted by Crippen LogP contribution is 2.28. The second-order valence-corrected chi connectivity index (χ2v) is 3.69. The van der Waals surface area contributed by atoms with Gasteiger partial charge in [0.15, 0.2) is 0 Å². The van der Waals surface area contributed by atoms with Crippen molar-refractivity contribution in [2.75, 3.05) is 6.61 Å². The van der Waals surface area contributed by atoms with Crippen LogP contribution in [0.5, 0.6) is 11.5 Å². The molecule has 0 unspecified atom stereocenters. The van der Waals surface area contributed by atoms with Crippen molar-refractivity contribution in [1.82, 2.24) is 0 Å². The van der Waals surface area contributed by atoms with Crippen LogP contribution >= 0.6 is 0 Å². The zero-order valence-corrected chi connectivity index (χ0v) is 10.0. The summed E-state index contributed by atoms with van der Waals surface area (Å²) in [5.74, 6) is 0.138. The number of hydrogen-bond donors (Lipinski definition) is 1. The molecule has 0 aliphatic carbocycles. The standard InChI is InChI=1S/C14H14N2O2/c1-2-3-4-5-8-18-14-7-6-13(17)11(9-15)12(14)10-16/h2,6-7,17H,1,3-5,8H2. The molecule has 0 spiro atoms.